The summed E-state index contributed by atoms with van der Waals surface area (Å²) in [4.78, 5) is 10.1. The van der Waals surface area contributed by atoms with Crippen LogP contribution in [0.1, 0.15) is 12.8 Å². The van der Waals surface area contributed by atoms with Crippen LogP contribution in [0.3, 0.4) is 0 Å². The van der Waals surface area contributed by atoms with E-state index in [1.807, 2.05) is 0 Å². The van der Waals surface area contributed by atoms with Crippen molar-refractivity contribution < 1.29 is 28.5 Å². The monoisotopic (exact) mass is 196 g/mol. The summed E-state index contributed by atoms with van der Waals surface area (Å²) in [5.41, 5.74) is 0. The number of aliphatic hydroxyl groups excluding tert-OH is 1. The van der Waals surface area contributed by atoms with Crippen molar-refractivity contribution in [3.63, 3.8) is 0 Å². The van der Waals surface area contributed by atoms with Crippen LogP contribution in [0.5, 0.6) is 0 Å². The molecule has 0 aromatic carbocycles. The van der Waals surface area contributed by atoms with Crippen LogP contribution in [-0.4, -0.2) is 40.9 Å². The minimum absolute atomic E-state index is 0.268. The van der Waals surface area contributed by atoms with Gasteiger partial charge in [0.2, 0.25) is 0 Å². The maximum absolute atomic E-state index is 12.7. The van der Waals surface area contributed by atoms with Crippen LogP contribution in [0.2, 0.25) is 0 Å². The van der Waals surface area contributed by atoms with Gasteiger partial charge in [-0.1, -0.05) is 0 Å². The Morgan fingerprint density at radius 3 is 2.62 bits per heavy atom. The molecule has 6 heteroatoms. The average Bonchev–Trinajstić information content (AvgIpc) is 2.54. The topological polar surface area (TPSA) is 66.8 Å². The highest BCUT2D eigenvalue weighted by molar-refractivity contribution is 5.76. The maximum Gasteiger partial charge on any atom is 0.377 e. The van der Waals surface area contributed by atoms with E-state index in [-0.39, 0.29) is 13.0 Å². The van der Waals surface area contributed by atoms with E-state index in [1.54, 1.807) is 0 Å². The lowest BCUT2D eigenvalue weighted by atomic mass is 10.0. The molecule has 2 unspecified atom stereocenters. The van der Waals surface area contributed by atoms with Gasteiger partial charge in [-0.3, -0.25) is 0 Å². The summed E-state index contributed by atoms with van der Waals surface area (Å²) in [6.45, 7) is 0.289. The first-order chi connectivity index (χ1) is 5.96. The molecule has 0 aliphatic carbocycles. The summed E-state index contributed by atoms with van der Waals surface area (Å²) in [5, 5.41) is 17.1. The Hall–Kier alpha value is -0.750. The van der Waals surface area contributed by atoms with E-state index in [0.29, 0.717) is 6.42 Å². The molecule has 1 aliphatic rings. The third-order valence-corrected chi connectivity index (χ3v) is 1.97. The Morgan fingerprint density at radius 1 is 1.62 bits per heavy atom. The molecule has 0 aromatic heterocycles. The number of alkyl halides is 2. The second-order valence-corrected chi connectivity index (χ2v) is 2.92. The molecule has 1 fully saturated rings. The molecule has 1 saturated heterocycles. The number of ether oxygens (including phenoxy) is 1. The Labute approximate surface area is 73.1 Å². The number of aliphatic hydroxyl groups is 1. The number of carboxylic acid groups (broad SMARTS) is 1. The summed E-state index contributed by atoms with van der Waals surface area (Å²) in [7, 11) is 0. The van der Waals surface area contributed by atoms with Crippen molar-refractivity contribution in [3.8, 4) is 0 Å². The standard InChI is InChI=1S/C7H10F2O4/c8-7(9,6(11)12)5(10)4-2-1-3-13-4/h4-5,10H,1-3H2,(H,11,12). The minimum Gasteiger partial charge on any atom is -0.477 e. The molecule has 1 heterocycles. The molecule has 0 radical (unpaired) electrons. The van der Waals surface area contributed by atoms with E-state index in [9.17, 15) is 13.6 Å². The van der Waals surface area contributed by atoms with E-state index in [0.717, 1.165) is 0 Å². The predicted octanol–water partition coefficient (Wildman–Crippen LogP) is 0.246. The van der Waals surface area contributed by atoms with Crippen molar-refractivity contribution in [2.75, 3.05) is 6.61 Å². The van der Waals surface area contributed by atoms with Gasteiger partial charge in [-0.2, -0.15) is 8.78 Å². The average molecular weight is 196 g/mol. The van der Waals surface area contributed by atoms with Crippen LogP contribution in [0.15, 0.2) is 0 Å². The molecular formula is C7H10F2O4. The third-order valence-electron chi connectivity index (χ3n) is 1.97. The Bertz CT molecular complexity index is 201. The fraction of sp³-hybridized carbons (Fsp3) is 0.857. The highest BCUT2D eigenvalue weighted by atomic mass is 19.3. The lowest BCUT2D eigenvalue weighted by molar-refractivity contribution is -0.194. The zero-order valence-electron chi connectivity index (χ0n) is 6.74. The van der Waals surface area contributed by atoms with Crippen LogP contribution in [0.4, 0.5) is 8.78 Å². The van der Waals surface area contributed by atoms with Gasteiger partial charge in [0.25, 0.3) is 0 Å². The molecule has 0 amide bonds. The third kappa shape index (κ3) is 1.94. The summed E-state index contributed by atoms with van der Waals surface area (Å²) < 4.78 is 30.1. The lowest BCUT2D eigenvalue weighted by Gasteiger charge is -2.22. The molecule has 1 rings (SSSR count). The first-order valence-corrected chi connectivity index (χ1v) is 3.87. The van der Waals surface area contributed by atoms with Crippen molar-refractivity contribution in [2.24, 2.45) is 0 Å². The van der Waals surface area contributed by atoms with Crippen LogP contribution < -0.4 is 0 Å². The van der Waals surface area contributed by atoms with E-state index in [1.165, 1.54) is 0 Å². The molecule has 0 bridgehead atoms. The van der Waals surface area contributed by atoms with Crippen molar-refractivity contribution in [1.82, 2.24) is 0 Å². The van der Waals surface area contributed by atoms with E-state index in [4.69, 9.17) is 14.9 Å². The number of hydrogen-bond donors (Lipinski definition) is 2. The molecule has 2 atom stereocenters. The van der Waals surface area contributed by atoms with Gasteiger partial charge in [0.15, 0.2) is 6.10 Å². The summed E-state index contributed by atoms with van der Waals surface area (Å²) >= 11 is 0. The second kappa shape index (κ2) is 3.55. The van der Waals surface area contributed by atoms with Gasteiger partial charge in [-0.25, -0.2) is 4.79 Å². The van der Waals surface area contributed by atoms with Gasteiger partial charge in [0.1, 0.15) is 0 Å². The maximum atomic E-state index is 12.7. The van der Waals surface area contributed by atoms with Gasteiger partial charge in [0.05, 0.1) is 6.10 Å². The van der Waals surface area contributed by atoms with E-state index >= 15 is 0 Å². The van der Waals surface area contributed by atoms with Crippen LogP contribution in [0.25, 0.3) is 0 Å². The Kier molecular flexibility index (Phi) is 2.82. The van der Waals surface area contributed by atoms with Crippen molar-refractivity contribution in [1.29, 1.82) is 0 Å². The Morgan fingerprint density at radius 2 is 2.23 bits per heavy atom. The molecular weight excluding hydrogens is 186 g/mol. The molecule has 4 nitrogen and oxygen atoms in total. The SMILES string of the molecule is O=C(O)C(F)(F)C(O)C1CCCO1. The fourth-order valence-corrected chi connectivity index (χ4v) is 1.21. The lowest BCUT2D eigenvalue weighted by Crippen LogP contribution is -2.47. The van der Waals surface area contributed by atoms with Gasteiger partial charge in [-0.05, 0) is 12.8 Å². The molecule has 76 valence electrons. The summed E-state index contributed by atoms with van der Waals surface area (Å²) in [6.07, 6.45) is -2.49. The van der Waals surface area contributed by atoms with Crippen molar-refractivity contribution in [3.05, 3.63) is 0 Å². The smallest absolute Gasteiger partial charge is 0.377 e. The quantitative estimate of drug-likeness (QED) is 0.678. The largest absolute Gasteiger partial charge is 0.477 e. The fourth-order valence-electron chi connectivity index (χ4n) is 1.21. The number of carboxylic acids is 1. The zero-order valence-corrected chi connectivity index (χ0v) is 6.74. The first kappa shape index (κ1) is 10.3. The second-order valence-electron chi connectivity index (χ2n) is 2.92. The van der Waals surface area contributed by atoms with E-state index in [2.05, 4.69) is 0 Å². The van der Waals surface area contributed by atoms with Gasteiger partial charge in [0, 0.05) is 6.61 Å². The van der Waals surface area contributed by atoms with Gasteiger partial charge < -0.3 is 14.9 Å². The van der Waals surface area contributed by atoms with Crippen molar-refractivity contribution in [2.45, 2.75) is 31.0 Å². The Balaban J connectivity index is 2.64. The molecule has 0 spiro atoms. The number of carbonyl (C=O) groups is 1. The van der Waals surface area contributed by atoms with Gasteiger partial charge >= 0.3 is 11.9 Å². The molecule has 0 saturated carbocycles. The molecule has 13 heavy (non-hydrogen) atoms. The number of hydrogen-bond acceptors (Lipinski definition) is 3. The van der Waals surface area contributed by atoms with E-state index < -0.39 is 24.1 Å². The van der Waals surface area contributed by atoms with Crippen LogP contribution >= 0.6 is 0 Å². The highest BCUT2D eigenvalue weighted by Gasteiger charge is 2.51. The van der Waals surface area contributed by atoms with Crippen LogP contribution in [0, 0.1) is 0 Å². The number of rotatable bonds is 3. The molecule has 2 N–H and O–H groups in total. The van der Waals surface area contributed by atoms with Crippen molar-refractivity contribution >= 4 is 5.97 Å². The van der Waals surface area contributed by atoms with Crippen LogP contribution in [-0.2, 0) is 9.53 Å². The normalized spacial score (nSPS) is 25.9. The first-order valence-electron chi connectivity index (χ1n) is 3.87. The number of halogens is 2. The summed E-state index contributed by atoms with van der Waals surface area (Å²) in [6, 6.07) is 0. The predicted molar refractivity (Wildman–Crippen MR) is 37.6 cm³/mol. The minimum atomic E-state index is -4.13. The summed E-state index contributed by atoms with van der Waals surface area (Å²) in [5.74, 6) is -6.45. The molecule has 0 aromatic rings. The highest BCUT2D eigenvalue weighted by Crippen LogP contribution is 2.27. The van der Waals surface area contributed by atoms with Gasteiger partial charge in [-0.15, -0.1) is 0 Å². The number of aliphatic carboxylic acids is 1. The molecule has 1 aliphatic heterocycles. The zero-order chi connectivity index (χ0) is 10.1.